The number of aliphatic hydroxyl groups excluding tert-OH is 1. The van der Waals surface area contributed by atoms with Gasteiger partial charge >= 0.3 is 0 Å². The molecule has 63 heavy (non-hydrogen) atoms. The number of carbonyl (C=O) groups is 4. The van der Waals surface area contributed by atoms with Crippen LogP contribution in [0.25, 0.3) is 0 Å². The van der Waals surface area contributed by atoms with Crippen molar-refractivity contribution >= 4 is 52.5 Å². The zero-order valence-electron chi connectivity index (χ0n) is 36.6. The summed E-state index contributed by atoms with van der Waals surface area (Å²) in [6, 6.07) is 10.3. The van der Waals surface area contributed by atoms with E-state index in [4.69, 9.17) is 9.72 Å². The molecule has 1 unspecified atom stereocenters. The van der Waals surface area contributed by atoms with E-state index in [1.807, 2.05) is 6.92 Å². The first-order valence-electron chi connectivity index (χ1n) is 22.8. The molecule has 0 bridgehead atoms. The van der Waals surface area contributed by atoms with Gasteiger partial charge in [0.15, 0.2) is 5.82 Å². The molecule has 1 spiro atoms. The molecule has 16 heteroatoms. The quantitative estimate of drug-likeness (QED) is 0.165. The van der Waals surface area contributed by atoms with E-state index in [1.165, 1.54) is 6.07 Å². The predicted molar refractivity (Wildman–Crippen MR) is 237 cm³/mol. The largest absolute Gasteiger partial charge is 0.495 e. The maximum absolute atomic E-state index is 15.2. The van der Waals surface area contributed by atoms with Gasteiger partial charge in [-0.25, -0.2) is 9.37 Å². The number of methoxy groups -OCH3 is 1. The Hall–Kier alpha value is -5.35. The van der Waals surface area contributed by atoms with Gasteiger partial charge in [-0.2, -0.15) is 4.98 Å². The fourth-order valence-corrected chi connectivity index (χ4v) is 11.3. The Morgan fingerprint density at radius 1 is 1.02 bits per heavy atom. The molecule has 4 N–H and O–H groups in total. The SMILES string of the molecule is CC[C@@H]1C(=O)N(C)c2cnc(Nc3ccc(C(=O)NC4(CCO)CCC5(CC4)CN(CC4CN(c6ccc(C7CCC(=O)NC7=O)cc6F)C4)C5)cc3OC)nc2N1C1CCCC1. The lowest BCUT2D eigenvalue weighted by molar-refractivity contribution is -0.134. The van der Waals surface area contributed by atoms with E-state index >= 15 is 4.39 Å². The molecular formula is C47H60FN9O6. The molecule has 5 heterocycles. The highest BCUT2D eigenvalue weighted by Gasteiger charge is 2.50. The summed E-state index contributed by atoms with van der Waals surface area (Å²) in [7, 11) is 3.34. The van der Waals surface area contributed by atoms with E-state index < -0.39 is 11.5 Å². The van der Waals surface area contributed by atoms with Gasteiger partial charge in [-0.3, -0.25) is 24.5 Å². The van der Waals surface area contributed by atoms with Gasteiger partial charge in [0, 0.05) is 75.9 Å². The van der Waals surface area contributed by atoms with E-state index in [2.05, 4.69) is 35.6 Å². The lowest BCUT2D eigenvalue weighted by Gasteiger charge is -2.57. The minimum Gasteiger partial charge on any atom is -0.495 e. The number of anilines is 5. The van der Waals surface area contributed by atoms with Crippen LogP contribution in [-0.4, -0.2) is 115 Å². The van der Waals surface area contributed by atoms with Crippen molar-refractivity contribution < 1.29 is 33.4 Å². The molecule has 1 aromatic heterocycles. The molecular weight excluding hydrogens is 806 g/mol. The first-order valence-corrected chi connectivity index (χ1v) is 22.8. The Morgan fingerprint density at radius 2 is 1.78 bits per heavy atom. The first kappa shape index (κ1) is 42.9. The van der Waals surface area contributed by atoms with Crippen molar-refractivity contribution in [3.8, 4) is 5.75 Å². The number of piperidine rings is 1. The molecule has 2 saturated carbocycles. The summed E-state index contributed by atoms with van der Waals surface area (Å²) in [6.45, 7) is 6.50. The number of nitrogens with one attached hydrogen (secondary N) is 3. The highest BCUT2D eigenvalue weighted by atomic mass is 19.1. The zero-order chi connectivity index (χ0) is 44.0. The Labute approximate surface area is 368 Å². The molecule has 3 saturated heterocycles. The highest BCUT2D eigenvalue weighted by molar-refractivity contribution is 6.04. The van der Waals surface area contributed by atoms with Crippen molar-refractivity contribution in [2.24, 2.45) is 11.3 Å². The average Bonchev–Trinajstić information content (AvgIpc) is 3.78. The third-order valence-electron chi connectivity index (χ3n) is 14.9. The number of carbonyl (C=O) groups excluding carboxylic acids is 4. The lowest BCUT2D eigenvalue weighted by atomic mass is 9.62. The Balaban J connectivity index is 0.781. The third kappa shape index (κ3) is 8.31. The van der Waals surface area contributed by atoms with Crippen molar-refractivity contribution in [2.45, 2.75) is 108 Å². The number of aliphatic hydroxyl groups is 1. The summed E-state index contributed by atoms with van der Waals surface area (Å²) in [4.78, 5) is 69.0. The molecule has 4 aliphatic heterocycles. The van der Waals surface area contributed by atoms with Gasteiger partial charge in [-0.05, 0) is 99.1 Å². The topological polar surface area (TPSA) is 173 Å². The molecule has 5 fully saturated rings. The van der Waals surface area contributed by atoms with Gasteiger partial charge in [0.1, 0.15) is 23.3 Å². The molecule has 2 atom stereocenters. The lowest BCUT2D eigenvalue weighted by Crippen LogP contribution is -2.64. The van der Waals surface area contributed by atoms with Crippen molar-refractivity contribution in [2.75, 3.05) is 73.5 Å². The number of amides is 4. The average molecular weight is 866 g/mol. The second-order valence-electron chi connectivity index (χ2n) is 19.0. The van der Waals surface area contributed by atoms with Crippen LogP contribution in [0, 0.1) is 17.2 Å². The van der Waals surface area contributed by atoms with Crippen LogP contribution in [0.1, 0.15) is 106 Å². The Morgan fingerprint density at radius 3 is 2.46 bits per heavy atom. The zero-order valence-corrected chi connectivity index (χ0v) is 36.6. The van der Waals surface area contributed by atoms with Crippen molar-refractivity contribution in [3.63, 3.8) is 0 Å². The van der Waals surface area contributed by atoms with Crippen LogP contribution < -0.4 is 35.4 Å². The number of benzene rings is 2. The molecule has 336 valence electrons. The first-order chi connectivity index (χ1) is 30.4. The van der Waals surface area contributed by atoms with E-state index in [1.54, 1.807) is 55.6 Å². The predicted octanol–water partition coefficient (Wildman–Crippen LogP) is 5.26. The fourth-order valence-electron chi connectivity index (χ4n) is 11.3. The standard InChI is InChI=1S/C47H60FN9O6/c1-4-36-44(62)54(2)38-23-49-45(52-41(38)57(36)32-7-5-6-8-32)50-35-12-9-31(22-39(35)63-3)42(60)53-47(19-20-58)17-15-46(16-18-47)27-55(28-46)24-29-25-56(26-29)37-13-10-30(21-34(37)48)33-11-14-40(59)51-43(33)61/h9-10,12-13,21-23,29,32-33,36,58H,4-8,11,14-20,24-28H2,1-3H3,(H,53,60)(H,49,50,52)(H,51,59,61)/t33?,36-/m1/s1. The number of fused-ring (bicyclic) bond motifs is 1. The summed E-state index contributed by atoms with van der Waals surface area (Å²) in [5, 5.41) is 19.1. The number of ether oxygens (including phenoxy) is 1. The van der Waals surface area contributed by atoms with E-state index in [-0.39, 0.29) is 60.0 Å². The minimum atomic E-state index is -0.513. The van der Waals surface area contributed by atoms with Crippen LogP contribution in [0.3, 0.4) is 0 Å². The summed E-state index contributed by atoms with van der Waals surface area (Å²) in [6.07, 6.45) is 11.3. The monoisotopic (exact) mass is 865 g/mol. The number of halogens is 1. The molecule has 6 aliphatic rings. The van der Waals surface area contributed by atoms with E-state index in [0.717, 1.165) is 89.9 Å². The molecule has 9 rings (SSSR count). The fraction of sp³-hybridized carbons (Fsp3) is 0.574. The Kier molecular flexibility index (Phi) is 11.8. The van der Waals surface area contributed by atoms with E-state index in [0.29, 0.717) is 65.1 Å². The number of imide groups is 1. The van der Waals surface area contributed by atoms with Gasteiger partial charge < -0.3 is 40.1 Å². The second-order valence-corrected chi connectivity index (χ2v) is 19.0. The van der Waals surface area contributed by atoms with Gasteiger partial charge in [0.25, 0.3) is 5.91 Å². The normalized spacial score (nSPS) is 23.6. The number of likely N-dealkylation sites (tertiary alicyclic amines) is 1. The maximum atomic E-state index is 15.2. The van der Waals surface area contributed by atoms with Crippen molar-refractivity contribution in [1.82, 2.24) is 25.5 Å². The summed E-state index contributed by atoms with van der Waals surface area (Å²) in [5.74, 6) is 0.374. The van der Waals surface area contributed by atoms with Crippen LogP contribution in [0.5, 0.6) is 5.75 Å². The highest BCUT2D eigenvalue weighted by Crippen LogP contribution is 2.49. The van der Waals surface area contributed by atoms with Crippen molar-refractivity contribution in [3.05, 3.63) is 59.5 Å². The van der Waals surface area contributed by atoms with Crippen LogP contribution in [0.15, 0.2) is 42.6 Å². The number of hydrogen-bond acceptors (Lipinski definition) is 12. The number of nitrogens with zero attached hydrogens (tertiary/aromatic N) is 6. The molecule has 3 aromatic rings. The maximum Gasteiger partial charge on any atom is 0.251 e. The van der Waals surface area contributed by atoms with Gasteiger partial charge in [0.2, 0.25) is 23.7 Å². The molecule has 2 aliphatic carbocycles. The summed E-state index contributed by atoms with van der Waals surface area (Å²) >= 11 is 0. The van der Waals surface area contributed by atoms with E-state index in [9.17, 15) is 24.3 Å². The number of rotatable bonds is 13. The van der Waals surface area contributed by atoms with Gasteiger partial charge in [0.05, 0.1) is 30.6 Å². The van der Waals surface area contributed by atoms with Crippen LogP contribution in [0.2, 0.25) is 0 Å². The molecule has 0 radical (unpaired) electrons. The van der Waals surface area contributed by atoms with Crippen LogP contribution in [0.4, 0.5) is 33.2 Å². The molecule has 4 amide bonds. The van der Waals surface area contributed by atoms with Crippen LogP contribution in [-0.2, 0) is 14.4 Å². The molecule has 15 nitrogen and oxygen atoms in total. The minimum absolute atomic E-state index is 0.0219. The smallest absolute Gasteiger partial charge is 0.251 e. The number of aromatic nitrogens is 2. The van der Waals surface area contributed by atoms with Gasteiger partial charge in [-0.15, -0.1) is 0 Å². The van der Waals surface area contributed by atoms with Gasteiger partial charge in [-0.1, -0.05) is 25.8 Å². The third-order valence-corrected chi connectivity index (χ3v) is 14.9. The van der Waals surface area contributed by atoms with Crippen LogP contribution >= 0.6 is 0 Å². The second kappa shape index (κ2) is 17.3. The van der Waals surface area contributed by atoms with Crippen molar-refractivity contribution in [1.29, 1.82) is 0 Å². The Bertz CT molecular complexity index is 2250. The summed E-state index contributed by atoms with van der Waals surface area (Å²) in [5.41, 5.74) is 2.58. The number of hydrogen-bond donors (Lipinski definition) is 4. The molecule has 2 aromatic carbocycles. The number of likely N-dealkylation sites (N-methyl/N-ethyl adjacent to an activating group) is 1. The summed E-state index contributed by atoms with van der Waals surface area (Å²) < 4.78 is 21.0.